The van der Waals surface area contributed by atoms with Crippen LogP contribution in [0.2, 0.25) is 0 Å². The Hall–Kier alpha value is -2.83. The number of rotatable bonds is 4. The van der Waals surface area contributed by atoms with Crippen LogP contribution < -0.4 is 10.6 Å². The van der Waals surface area contributed by atoms with Crippen molar-refractivity contribution < 1.29 is 14.3 Å². The molecule has 2 heterocycles. The topological polar surface area (TPSA) is 85.2 Å². The summed E-state index contributed by atoms with van der Waals surface area (Å²) in [4.78, 5) is 28.2. The average molecular weight is 326 g/mol. The molecule has 124 valence electrons. The van der Waals surface area contributed by atoms with E-state index >= 15 is 0 Å². The molecule has 1 saturated carbocycles. The molecule has 0 unspecified atom stereocenters. The van der Waals surface area contributed by atoms with Crippen LogP contribution in [0.15, 0.2) is 30.6 Å². The molecule has 0 bridgehead atoms. The van der Waals surface area contributed by atoms with Gasteiger partial charge in [-0.05, 0) is 37.0 Å². The lowest BCUT2D eigenvalue weighted by Crippen LogP contribution is -2.35. The van der Waals surface area contributed by atoms with Gasteiger partial charge in [0.15, 0.2) is 0 Å². The lowest BCUT2D eigenvalue weighted by atomic mass is 10.1. The number of hydrogen-bond acceptors (Lipinski definition) is 4. The highest BCUT2D eigenvalue weighted by Crippen LogP contribution is 2.40. The van der Waals surface area contributed by atoms with Crippen molar-refractivity contribution in [2.45, 2.75) is 25.5 Å². The second-order valence-electron chi connectivity index (χ2n) is 6.26. The Bertz CT molecular complexity index is 810. The van der Waals surface area contributed by atoms with Gasteiger partial charge in [-0.3, -0.25) is 0 Å². The van der Waals surface area contributed by atoms with E-state index in [1.807, 2.05) is 17.8 Å². The third-order valence-electron chi connectivity index (χ3n) is 4.46. The minimum Gasteiger partial charge on any atom is -0.457 e. The van der Waals surface area contributed by atoms with Crippen molar-refractivity contribution in [3.05, 3.63) is 47.5 Å². The minimum atomic E-state index is -0.315. The first kappa shape index (κ1) is 14.7. The standard InChI is InChI=1S/C17H18N4O3/c1-21-7-6-18-15(21)14(10-2-3-10)20-17(23)19-12-4-5-13-11(8-12)9-24-16(13)22/h4-8,10,14H,2-3,9H2,1H3,(H2,19,20,23)/t14-/m0/s1. The summed E-state index contributed by atoms with van der Waals surface area (Å²) in [6, 6.07) is 4.78. The number of amides is 2. The largest absolute Gasteiger partial charge is 0.457 e. The van der Waals surface area contributed by atoms with E-state index in [1.165, 1.54) is 0 Å². The van der Waals surface area contributed by atoms with E-state index in [0.29, 0.717) is 17.2 Å². The molecule has 1 aromatic carbocycles. The molecule has 0 saturated heterocycles. The molecule has 2 aliphatic rings. The minimum absolute atomic E-state index is 0.0932. The zero-order valence-electron chi connectivity index (χ0n) is 13.3. The third-order valence-corrected chi connectivity index (χ3v) is 4.46. The van der Waals surface area contributed by atoms with Crippen LogP contribution in [-0.4, -0.2) is 21.6 Å². The van der Waals surface area contributed by atoms with Gasteiger partial charge < -0.3 is 19.9 Å². The highest BCUT2D eigenvalue weighted by molar-refractivity contribution is 5.95. The van der Waals surface area contributed by atoms with Crippen molar-refractivity contribution >= 4 is 17.7 Å². The fraction of sp³-hybridized carbons (Fsp3) is 0.353. The lowest BCUT2D eigenvalue weighted by molar-refractivity contribution is 0.0535. The molecular weight excluding hydrogens is 308 g/mol. The van der Waals surface area contributed by atoms with Gasteiger partial charge in [0.2, 0.25) is 0 Å². The van der Waals surface area contributed by atoms with Gasteiger partial charge in [-0.2, -0.15) is 0 Å². The Balaban J connectivity index is 1.46. The predicted molar refractivity (Wildman–Crippen MR) is 86.4 cm³/mol. The molecule has 4 rings (SSSR count). The van der Waals surface area contributed by atoms with E-state index in [4.69, 9.17) is 4.74 Å². The number of carbonyl (C=O) groups excluding carboxylic acids is 2. The van der Waals surface area contributed by atoms with Crippen LogP contribution in [0.3, 0.4) is 0 Å². The highest BCUT2D eigenvalue weighted by Gasteiger charge is 2.35. The van der Waals surface area contributed by atoms with Crippen LogP contribution in [0.1, 0.15) is 40.6 Å². The van der Waals surface area contributed by atoms with Crippen LogP contribution in [0, 0.1) is 5.92 Å². The number of urea groups is 1. The number of nitrogens with zero attached hydrogens (tertiary/aromatic N) is 2. The van der Waals surface area contributed by atoms with Crippen LogP contribution in [-0.2, 0) is 18.4 Å². The van der Waals surface area contributed by atoms with Gasteiger partial charge in [0.1, 0.15) is 12.4 Å². The average Bonchev–Trinajstić information content (AvgIpc) is 3.22. The fourth-order valence-corrected chi connectivity index (χ4v) is 3.02. The highest BCUT2D eigenvalue weighted by atomic mass is 16.5. The SMILES string of the molecule is Cn1ccnc1[C@@H](NC(=O)Nc1ccc2c(c1)COC2=O)C1CC1. The summed E-state index contributed by atoms with van der Waals surface area (Å²) < 4.78 is 6.90. The molecule has 1 fully saturated rings. The molecule has 7 heteroatoms. The van der Waals surface area contributed by atoms with Crippen molar-refractivity contribution in [1.29, 1.82) is 0 Å². The Morgan fingerprint density at radius 2 is 2.25 bits per heavy atom. The van der Waals surface area contributed by atoms with Crippen molar-refractivity contribution in [3.8, 4) is 0 Å². The molecule has 2 N–H and O–H groups in total. The van der Waals surface area contributed by atoms with E-state index in [-0.39, 0.29) is 24.6 Å². The van der Waals surface area contributed by atoms with E-state index in [1.54, 1.807) is 24.4 Å². The molecule has 1 aliphatic heterocycles. The van der Waals surface area contributed by atoms with Crippen molar-refractivity contribution in [3.63, 3.8) is 0 Å². The number of esters is 1. The van der Waals surface area contributed by atoms with Gasteiger partial charge in [-0.15, -0.1) is 0 Å². The van der Waals surface area contributed by atoms with Gasteiger partial charge in [-0.25, -0.2) is 14.6 Å². The summed E-state index contributed by atoms with van der Waals surface area (Å²) in [7, 11) is 1.93. The quantitative estimate of drug-likeness (QED) is 0.845. The molecule has 7 nitrogen and oxygen atoms in total. The number of carbonyl (C=O) groups is 2. The summed E-state index contributed by atoms with van der Waals surface area (Å²) in [6.07, 6.45) is 5.80. The van der Waals surface area contributed by atoms with Crippen LogP contribution in [0.5, 0.6) is 0 Å². The van der Waals surface area contributed by atoms with Crippen LogP contribution in [0.4, 0.5) is 10.5 Å². The first-order chi connectivity index (χ1) is 11.6. The Morgan fingerprint density at radius 3 is 2.96 bits per heavy atom. The molecule has 2 aromatic rings. The molecular formula is C17H18N4O3. The van der Waals surface area contributed by atoms with E-state index < -0.39 is 0 Å². The van der Waals surface area contributed by atoms with Crippen LogP contribution in [0.25, 0.3) is 0 Å². The number of benzene rings is 1. The van der Waals surface area contributed by atoms with Gasteiger partial charge in [0.05, 0.1) is 11.6 Å². The van der Waals surface area contributed by atoms with Gasteiger partial charge in [-0.1, -0.05) is 0 Å². The Morgan fingerprint density at radius 1 is 1.42 bits per heavy atom. The number of cyclic esters (lactones) is 1. The summed E-state index contributed by atoms with van der Waals surface area (Å²) in [6.45, 7) is 0.253. The number of aromatic nitrogens is 2. The normalized spacial score (nSPS) is 17.1. The van der Waals surface area contributed by atoms with E-state index in [0.717, 1.165) is 24.2 Å². The lowest BCUT2D eigenvalue weighted by Gasteiger charge is -2.18. The first-order valence-corrected chi connectivity index (χ1v) is 7.96. The summed E-state index contributed by atoms with van der Waals surface area (Å²) >= 11 is 0. The Labute approximate surface area is 139 Å². The smallest absolute Gasteiger partial charge is 0.338 e. The monoisotopic (exact) mass is 326 g/mol. The maximum atomic E-state index is 12.4. The second kappa shape index (κ2) is 5.67. The summed E-state index contributed by atoms with van der Waals surface area (Å²) in [5.74, 6) is 0.980. The van der Waals surface area contributed by atoms with Crippen LogP contribution >= 0.6 is 0 Å². The molecule has 1 atom stereocenters. The third kappa shape index (κ3) is 2.73. The van der Waals surface area contributed by atoms with E-state index in [9.17, 15) is 9.59 Å². The molecule has 0 radical (unpaired) electrons. The maximum absolute atomic E-state index is 12.4. The Kier molecular flexibility index (Phi) is 3.48. The zero-order valence-corrected chi connectivity index (χ0v) is 13.3. The number of ether oxygens (including phenoxy) is 1. The van der Waals surface area contributed by atoms with Crippen molar-refractivity contribution in [2.24, 2.45) is 13.0 Å². The number of imidazole rings is 1. The number of aryl methyl sites for hydroxylation is 1. The summed E-state index contributed by atoms with van der Waals surface area (Å²) in [5.41, 5.74) is 1.99. The summed E-state index contributed by atoms with van der Waals surface area (Å²) in [5, 5.41) is 5.84. The molecule has 1 aliphatic carbocycles. The van der Waals surface area contributed by atoms with Crippen molar-refractivity contribution in [2.75, 3.05) is 5.32 Å². The second-order valence-corrected chi connectivity index (χ2v) is 6.26. The molecule has 24 heavy (non-hydrogen) atoms. The zero-order chi connectivity index (χ0) is 16.7. The van der Waals surface area contributed by atoms with Gasteiger partial charge in [0.25, 0.3) is 0 Å². The van der Waals surface area contributed by atoms with Gasteiger partial charge in [0, 0.05) is 30.7 Å². The maximum Gasteiger partial charge on any atom is 0.338 e. The fourth-order valence-electron chi connectivity index (χ4n) is 3.02. The molecule has 1 aromatic heterocycles. The van der Waals surface area contributed by atoms with E-state index in [2.05, 4.69) is 15.6 Å². The number of nitrogens with one attached hydrogen (secondary N) is 2. The van der Waals surface area contributed by atoms with Gasteiger partial charge >= 0.3 is 12.0 Å². The number of anilines is 1. The number of fused-ring (bicyclic) bond motifs is 1. The molecule has 2 amide bonds. The number of hydrogen-bond donors (Lipinski definition) is 2. The molecule has 0 spiro atoms. The predicted octanol–water partition coefficient (Wildman–Crippen LogP) is 2.36. The van der Waals surface area contributed by atoms with Crippen molar-refractivity contribution in [1.82, 2.24) is 14.9 Å². The first-order valence-electron chi connectivity index (χ1n) is 7.96.